The van der Waals surface area contributed by atoms with E-state index >= 15 is 0 Å². The van der Waals surface area contributed by atoms with Crippen molar-refractivity contribution in [2.75, 3.05) is 15.5 Å². The van der Waals surface area contributed by atoms with Crippen molar-refractivity contribution in [3.63, 3.8) is 0 Å². The van der Waals surface area contributed by atoms with Gasteiger partial charge in [-0.3, -0.25) is 14.4 Å². The van der Waals surface area contributed by atoms with E-state index in [0.29, 0.717) is 6.07 Å². The molecule has 0 atom stereocenters. The number of anilines is 3. The van der Waals surface area contributed by atoms with Gasteiger partial charge >= 0.3 is 6.18 Å². The van der Waals surface area contributed by atoms with Crippen molar-refractivity contribution < 1.29 is 27.6 Å². The van der Waals surface area contributed by atoms with E-state index in [1.807, 2.05) is 0 Å². The molecule has 1 heterocycles. The smallest absolute Gasteiger partial charge is 0.350 e. The van der Waals surface area contributed by atoms with E-state index in [2.05, 4.69) is 10.6 Å². The first-order valence-electron chi connectivity index (χ1n) is 10.2. The van der Waals surface area contributed by atoms with Crippen LogP contribution in [0.2, 0.25) is 15.1 Å². The molecule has 2 N–H and O–H groups in total. The quantitative estimate of drug-likeness (QED) is 0.305. The highest BCUT2D eigenvalue weighted by atomic mass is 35.5. The molecule has 0 saturated carbocycles. The van der Waals surface area contributed by atoms with Crippen LogP contribution in [0.25, 0.3) is 0 Å². The topological polar surface area (TPSA) is 78.5 Å². The second-order valence-corrected chi connectivity index (χ2v) is 9.18. The summed E-state index contributed by atoms with van der Waals surface area (Å²) < 4.78 is 39.3. The number of amides is 3. The first-order valence-corrected chi connectivity index (χ1v) is 11.7. The van der Waals surface area contributed by atoms with Gasteiger partial charge in [-0.1, -0.05) is 52.5 Å². The van der Waals surface area contributed by atoms with E-state index in [4.69, 9.17) is 46.4 Å². The summed E-state index contributed by atoms with van der Waals surface area (Å²) >= 11 is 23.6. The molecule has 37 heavy (non-hydrogen) atoms. The van der Waals surface area contributed by atoms with Crippen molar-refractivity contribution in [3.8, 4) is 0 Å². The van der Waals surface area contributed by atoms with Crippen molar-refractivity contribution in [3.05, 3.63) is 97.6 Å². The minimum atomic E-state index is -4.70. The molecule has 3 amide bonds. The highest BCUT2D eigenvalue weighted by molar-refractivity contribution is 6.53. The van der Waals surface area contributed by atoms with E-state index in [9.17, 15) is 27.6 Å². The number of nitrogens with zero attached hydrogens (tertiary/aromatic N) is 1. The van der Waals surface area contributed by atoms with Crippen LogP contribution < -0.4 is 15.5 Å². The number of carbonyl (C=O) groups is 3. The average molecular weight is 589 g/mol. The van der Waals surface area contributed by atoms with Gasteiger partial charge in [0.25, 0.3) is 17.7 Å². The summed E-state index contributed by atoms with van der Waals surface area (Å²) in [5, 5.41) is 4.54. The Labute approximate surface area is 227 Å². The normalized spacial score (nSPS) is 13.9. The average Bonchev–Trinajstić information content (AvgIpc) is 3.04. The number of hydrogen-bond acceptors (Lipinski definition) is 4. The maximum Gasteiger partial charge on any atom is 0.417 e. The molecule has 0 aromatic heterocycles. The lowest BCUT2D eigenvalue weighted by molar-refractivity contribution is -0.137. The zero-order valence-electron chi connectivity index (χ0n) is 18.1. The molecule has 13 heteroatoms. The van der Waals surface area contributed by atoms with Crippen LogP contribution in [-0.4, -0.2) is 17.7 Å². The van der Waals surface area contributed by atoms with Crippen LogP contribution in [-0.2, 0) is 15.8 Å². The molecule has 4 rings (SSSR count). The SMILES string of the molecule is O=C(Nc1ccc(Cl)c(C(F)(F)F)c1)c1cccc(NC2=C(Cl)C(=O)N(c3ccc(Cl)c(Cl)c3)C2=O)c1. The van der Waals surface area contributed by atoms with Gasteiger partial charge < -0.3 is 10.6 Å². The Hall–Kier alpha value is -3.24. The van der Waals surface area contributed by atoms with Gasteiger partial charge in [-0.05, 0) is 54.6 Å². The van der Waals surface area contributed by atoms with E-state index in [1.165, 1.54) is 48.5 Å². The van der Waals surface area contributed by atoms with Gasteiger partial charge in [0.2, 0.25) is 0 Å². The Morgan fingerprint density at radius 2 is 1.49 bits per heavy atom. The van der Waals surface area contributed by atoms with E-state index in [1.54, 1.807) is 0 Å². The molecule has 0 saturated heterocycles. The van der Waals surface area contributed by atoms with E-state index in [0.717, 1.165) is 11.0 Å². The van der Waals surface area contributed by atoms with Crippen LogP contribution in [0.5, 0.6) is 0 Å². The lowest BCUT2D eigenvalue weighted by atomic mass is 10.1. The highest BCUT2D eigenvalue weighted by Crippen LogP contribution is 2.37. The largest absolute Gasteiger partial charge is 0.417 e. The fourth-order valence-corrected chi connectivity index (χ4v) is 4.11. The Bertz CT molecular complexity index is 1490. The standard InChI is InChI=1S/C24H12Cl4F3N3O3/c25-16-6-4-13(9-15(16)24(29,30)31)33-21(35)11-2-1-3-12(8-11)32-20-19(28)22(36)34(23(20)37)14-5-7-17(26)18(27)10-14/h1-10,32H,(H,33,35). The number of halogens is 7. The second-order valence-electron chi connectivity index (χ2n) is 7.59. The fraction of sp³-hybridized carbons (Fsp3) is 0.0417. The molecule has 0 fully saturated rings. The number of rotatable bonds is 5. The molecular formula is C24H12Cl4F3N3O3. The third-order valence-electron chi connectivity index (χ3n) is 5.11. The van der Waals surface area contributed by atoms with Gasteiger partial charge in [-0.15, -0.1) is 0 Å². The van der Waals surface area contributed by atoms with Gasteiger partial charge in [-0.2, -0.15) is 13.2 Å². The van der Waals surface area contributed by atoms with Crippen molar-refractivity contribution >= 4 is 81.2 Å². The summed E-state index contributed by atoms with van der Waals surface area (Å²) in [5.74, 6) is -2.31. The summed E-state index contributed by atoms with van der Waals surface area (Å²) in [5.41, 5.74) is -1.07. The molecule has 190 valence electrons. The van der Waals surface area contributed by atoms with E-state index < -0.39 is 39.5 Å². The number of carbonyl (C=O) groups excluding carboxylic acids is 3. The third-order valence-corrected chi connectivity index (χ3v) is 6.53. The van der Waals surface area contributed by atoms with Crippen LogP contribution in [0.3, 0.4) is 0 Å². The summed E-state index contributed by atoms with van der Waals surface area (Å²) in [7, 11) is 0. The predicted octanol–water partition coefficient (Wildman–Crippen LogP) is 7.35. The number of benzene rings is 3. The lowest BCUT2D eigenvalue weighted by Crippen LogP contribution is -2.32. The molecule has 0 radical (unpaired) electrons. The Kier molecular flexibility index (Phi) is 7.43. The maximum atomic E-state index is 13.1. The molecule has 0 unspecified atom stereocenters. The van der Waals surface area contributed by atoms with Gasteiger partial charge in [0.05, 0.1) is 26.3 Å². The van der Waals surface area contributed by atoms with Crippen molar-refractivity contribution in [1.82, 2.24) is 0 Å². The zero-order valence-corrected chi connectivity index (χ0v) is 21.1. The van der Waals surface area contributed by atoms with Gasteiger partial charge in [-0.25, -0.2) is 4.90 Å². The van der Waals surface area contributed by atoms with Crippen LogP contribution in [0.4, 0.5) is 30.2 Å². The summed E-state index contributed by atoms with van der Waals surface area (Å²) in [6.45, 7) is 0. The summed E-state index contributed by atoms with van der Waals surface area (Å²) in [6.07, 6.45) is -4.70. The van der Waals surface area contributed by atoms with Gasteiger partial charge in [0, 0.05) is 16.9 Å². The van der Waals surface area contributed by atoms with Crippen molar-refractivity contribution in [2.24, 2.45) is 0 Å². The van der Waals surface area contributed by atoms with Crippen LogP contribution in [0.15, 0.2) is 71.4 Å². The molecule has 3 aromatic rings. The van der Waals surface area contributed by atoms with Gasteiger partial charge in [0.15, 0.2) is 0 Å². The van der Waals surface area contributed by atoms with E-state index in [-0.39, 0.29) is 38.4 Å². The van der Waals surface area contributed by atoms with Crippen LogP contribution >= 0.6 is 46.4 Å². The highest BCUT2D eigenvalue weighted by Gasteiger charge is 2.39. The van der Waals surface area contributed by atoms with Gasteiger partial charge in [0.1, 0.15) is 10.7 Å². The molecule has 0 bridgehead atoms. The Morgan fingerprint density at radius 1 is 0.784 bits per heavy atom. The minimum absolute atomic E-state index is 0.0448. The van der Waals surface area contributed by atoms with Crippen molar-refractivity contribution in [2.45, 2.75) is 6.18 Å². The number of nitrogens with one attached hydrogen (secondary N) is 2. The molecule has 6 nitrogen and oxygen atoms in total. The predicted molar refractivity (Wildman–Crippen MR) is 136 cm³/mol. The third kappa shape index (κ3) is 5.55. The molecule has 1 aliphatic heterocycles. The van der Waals surface area contributed by atoms with Crippen LogP contribution in [0, 0.1) is 0 Å². The van der Waals surface area contributed by atoms with Crippen molar-refractivity contribution in [1.29, 1.82) is 0 Å². The number of hydrogen-bond donors (Lipinski definition) is 2. The second kappa shape index (κ2) is 10.3. The first-order chi connectivity index (χ1) is 17.4. The molecule has 3 aromatic carbocycles. The summed E-state index contributed by atoms with van der Waals surface area (Å²) in [6, 6.07) is 12.8. The molecule has 0 spiro atoms. The number of imide groups is 1. The monoisotopic (exact) mass is 587 g/mol. The first kappa shape index (κ1) is 26.8. The fourth-order valence-electron chi connectivity index (χ4n) is 3.38. The zero-order chi connectivity index (χ0) is 27.1. The number of alkyl halides is 3. The van der Waals surface area contributed by atoms with Crippen LogP contribution in [0.1, 0.15) is 15.9 Å². The molecule has 0 aliphatic carbocycles. The minimum Gasteiger partial charge on any atom is -0.350 e. The lowest BCUT2D eigenvalue weighted by Gasteiger charge is -2.16. The maximum absolute atomic E-state index is 13.1. The molecular weight excluding hydrogens is 577 g/mol. The molecule has 1 aliphatic rings. The Morgan fingerprint density at radius 3 is 2.16 bits per heavy atom. The summed E-state index contributed by atoms with van der Waals surface area (Å²) in [4.78, 5) is 39.1. The Balaban J connectivity index is 1.54.